The minimum atomic E-state index is -3.18. The van der Waals surface area contributed by atoms with Gasteiger partial charge in [-0.3, -0.25) is 4.90 Å². The number of esters is 1. The highest BCUT2D eigenvalue weighted by Gasteiger charge is 2.49. The number of alkyl halides is 2. The van der Waals surface area contributed by atoms with E-state index in [0.717, 1.165) is 75.6 Å². The minimum Gasteiger partial charge on any atom is -0.493 e. The first-order chi connectivity index (χ1) is 21.4. The first kappa shape index (κ1) is 33.5. The number of carbonyl (C=O) groups excluding carboxylic acids is 1. The normalized spacial score (nSPS) is 19.7. The molecular formula is C35H49F3N4O3. The maximum Gasteiger partial charge on any atom is 0.328 e. The number of pyridine rings is 1. The molecule has 3 heterocycles. The van der Waals surface area contributed by atoms with E-state index in [0.29, 0.717) is 25.9 Å². The number of carbonyl (C=O) groups is 1. The molecule has 1 aromatic heterocycles. The predicted octanol–water partition coefficient (Wildman–Crippen LogP) is 6.89. The standard InChI is InChI=1S/C35H49F3N4O3/c1-34(2,3)45-33(43)30(28-20-25(21-29(36)31(28)44-5)35(37,38)24-13-14-24)42-19-16-27(22-42)41(4)18-8-6-7-11-26-15-12-23-10-9-17-39-32(23)40-26/h12,15,20-21,24,27,30H,6-11,13-14,16-19,22H2,1-5H3,(H,39,40)/t27-,30?/m1/s1. The van der Waals surface area contributed by atoms with Crippen LogP contribution in [0.4, 0.5) is 19.0 Å². The number of likely N-dealkylation sites (tertiary alicyclic amines) is 1. The fourth-order valence-corrected chi connectivity index (χ4v) is 6.63. The van der Waals surface area contributed by atoms with E-state index in [4.69, 9.17) is 14.5 Å². The fourth-order valence-electron chi connectivity index (χ4n) is 6.63. The van der Waals surface area contributed by atoms with Crippen LogP contribution < -0.4 is 10.1 Å². The number of hydrogen-bond acceptors (Lipinski definition) is 7. The van der Waals surface area contributed by atoms with Gasteiger partial charge in [0.05, 0.1) is 7.11 Å². The average molecular weight is 631 g/mol. The second-order valence-electron chi connectivity index (χ2n) is 14.0. The van der Waals surface area contributed by atoms with Crippen molar-refractivity contribution in [2.24, 2.45) is 5.92 Å². The van der Waals surface area contributed by atoms with Crippen molar-refractivity contribution < 1.29 is 27.4 Å². The third-order valence-corrected chi connectivity index (χ3v) is 9.25. The van der Waals surface area contributed by atoms with E-state index in [-0.39, 0.29) is 17.4 Å². The molecule has 5 rings (SSSR count). The van der Waals surface area contributed by atoms with Gasteiger partial charge in [-0.25, -0.2) is 22.9 Å². The van der Waals surface area contributed by atoms with Gasteiger partial charge in [-0.1, -0.05) is 12.5 Å². The SMILES string of the molecule is COc1c(F)cc(C(F)(F)C2CC2)cc1C(C(=O)OC(C)(C)C)N1CC[C@@H](N(C)CCCCCc2ccc3c(n2)NCCC3)C1. The zero-order valence-corrected chi connectivity index (χ0v) is 27.4. The van der Waals surface area contributed by atoms with Crippen molar-refractivity contribution in [3.05, 3.63) is 52.5 Å². The number of nitrogens with one attached hydrogen (secondary N) is 1. The third kappa shape index (κ3) is 8.12. The Morgan fingerprint density at radius 3 is 2.64 bits per heavy atom. The lowest BCUT2D eigenvalue weighted by Gasteiger charge is -2.32. The lowest BCUT2D eigenvalue weighted by molar-refractivity contribution is -0.161. The van der Waals surface area contributed by atoms with Crippen LogP contribution in [0.3, 0.4) is 0 Å². The van der Waals surface area contributed by atoms with Crippen LogP contribution in [0.15, 0.2) is 24.3 Å². The van der Waals surface area contributed by atoms with Crippen LogP contribution >= 0.6 is 0 Å². The fraction of sp³-hybridized carbons (Fsp3) is 0.657. The van der Waals surface area contributed by atoms with Crippen LogP contribution in [0.1, 0.15) is 94.1 Å². The summed E-state index contributed by atoms with van der Waals surface area (Å²) in [5.41, 5.74) is 1.30. The van der Waals surface area contributed by atoms with Crippen LogP contribution in [-0.2, 0) is 28.3 Å². The Morgan fingerprint density at radius 1 is 1.16 bits per heavy atom. The molecule has 248 valence electrons. The Balaban J connectivity index is 1.23. The number of methoxy groups -OCH3 is 1. The highest BCUT2D eigenvalue weighted by molar-refractivity contribution is 5.79. The molecule has 1 saturated heterocycles. The number of hydrogen-bond donors (Lipinski definition) is 1. The number of likely N-dealkylation sites (N-methyl/N-ethyl adjacent to an activating group) is 1. The lowest BCUT2D eigenvalue weighted by atomic mass is 9.96. The van der Waals surface area contributed by atoms with Crippen molar-refractivity contribution in [1.29, 1.82) is 0 Å². The van der Waals surface area contributed by atoms with Crippen LogP contribution in [0.5, 0.6) is 5.75 Å². The average Bonchev–Trinajstić information content (AvgIpc) is 3.75. The summed E-state index contributed by atoms with van der Waals surface area (Å²) in [6.45, 7) is 8.24. The number of halogens is 3. The van der Waals surface area contributed by atoms with E-state index in [9.17, 15) is 4.79 Å². The Morgan fingerprint density at radius 2 is 1.93 bits per heavy atom. The number of rotatable bonds is 13. The van der Waals surface area contributed by atoms with Gasteiger partial charge in [-0.15, -0.1) is 0 Å². The monoisotopic (exact) mass is 630 g/mol. The maximum absolute atomic E-state index is 15.3. The smallest absolute Gasteiger partial charge is 0.328 e. The summed E-state index contributed by atoms with van der Waals surface area (Å²) in [4.78, 5) is 22.7. The zero-order valence-electron chi connectivity index (χ0n) is 27.4. The number of fused-ring (bicyclic) bond motifs is 1. The molecule has 7 nitrogen and oxygen atoms in total. The second-order valence-corrected chi connectivity index (χ2v) is 14.0. The molecule has 0 spiro atoms. The Hall–Kier alpha value is -2.85. The quantitative estimate of drug-likeness (QED) is 0.191. The topological polar surface area (TPSA) is 66.9 Å². The van der Waals surface area contributed by atoms with Gasteiger partial charge in [0.1, 0.15) is 17.5 Å². The highest BCUT2D eigenvalue weighted by Crippen LogP contribution is 2.51. The Bertz CT molecular complexity index is 1340. The third-order valence-electron chi connectivity index (χ3n) is 9.25. The molecule has 2 aliphatic heterocycles. The summed E-state index contributed by atoms with van der Waals surface area (Å²) in [7, 11) is 3.39. The van der Waals surface area contributed by atoms with Crippen LogP contribution in [0, 0.1) is 11.7 Å². The van der Waals surface area contributed by atoms with Crippen molar-refractivity contribution in [3.63, 3.8) is 0 Å². The number of nitrogens with zero attached hydrogens (tertiary/aromatic N) is 3. The van der Waals surface area contributed by atoms with E-state index < -0.39 is 40.8 Å². The number of anilines is 1. The largest absolute Gasteiger partial charge is 0.493 e. The number of unbranched alkanes of at least 4 members (excludes halogenated alkanes) is 2. The van der Waals surface area contributed by atoms with Crippen molar-refractivity contribution >= 4 is 11.8 Å². The second kappa shape index (κ2) is 13.9. The summed E-state index contributed by atoms with van der Waals surface area (Å²) < 4.78 is 56.9. The number of aryl methyl sites for hydroxylation is 2. The zero-order chi connectivity index (χ0) is 32.4. The molecule has 2 atom stereocenters. The molecule has 1 aliphatic carbocycles. The molecular weight excluding hydrogens is 581 g/mol. The van der Waals surface area contributed by atoms with Gasteiger partial charge in [0, 0.05) is 48.4 Å². The molecule has 3 aliphatic rings. The van der Waals surface area contributed by atoms with Gasteiger partial charge in [0.2, 0.25) is 0 Å². The Kier molecular flexibility index (Phi) is 10.3. The molecule has 2 fully saturated rings. The summed E-state index contributed by atoms with van der Waals surface area (Å²) in [6.07, 6.45) is 7.95. The van der Waals surface area contributed by atoms with E-state index in [1.807, 2.05) is 4.90 Å². The van der Waals surface area contributed by atoms with Gasteiger partial charge in [-0.2, -0.15) is 0 Å². The van der Waals surface area contributed by atoms with Crippen molar-refractivity contribution in [2.45, 2.75) is 102 Å². The molecule has 0 amide bonds. The van der Waals surface area contributed by atoms with Gasteiger partial charge < -0.3 is 19.7 Å². The number of benzene rings is 1. The number of ether oxygens (including phenoxy) is 2. The molecule has 45 heavy (non-hydrogen) atoms. The summed E-state index contributed by atoms with van der Waals surface area (Å²) in [5.74, 6) is -4.63. The summed E-state index contributed by atoms with van der Waals surface area (Å²) in [6, 6.07) is 5.56. The van der Waals surface area contributed by atoms with Gasteiger partial charge >= 0.3 is 5.97 Å². The van der Waals surface area contributed by atoms with Crippen molar-refractivity contribution in [3.8, 4) is 5.75 Å². The van der Waals surface area contributed by atoms with Gasteiger partial charge in [0.15, 0.2) is 11.6 Å². The summed E-state index contributed by atoms with van der Waals surface area (Å²) in [5, 5.41) is 3.41. The first-order valence-electron chi connectivity index (χ1n) is 16.5. The minimum absolute atomic E-state index is 0.0939. The van der Waals surface area contributed by atoms with Gasteiger partial charge in [-0.05, 0) is 109 Å². The summed E-state index contributed by atoms with van der Waals surface area (Å²) >= 11 is 0. The Labute approximate surface area is 265 Å². The molecule has 0 radical (unpaired) electrons. The van der Waals surface area contributed by atoms with Crippen molar-refractivity contribution in [2.75, 3.05) is 45.7 Å². The maximum atomic E-state index is 15.3. The molecule has 10 heteroatoms. The highest BCUT2D eigenvalue weighted by atomic mass is 19.3. The van der Waals surface area contributed by atoms with Crippen LogP contribution in [0.25, 0.3) is 0 Å². The van der Waals surface area contributed by atoms with E-state index >= 15 is 13.2 Å². The van der Waals surface area contributed by atoms with Crippen LogP contribution in [-0.4, -0.2) is 72.7 Å². The molecule has 1 unspecified atom stereocenters. The lowest BCUT2D eigenvalue weighted by Crippen LogP contribution is -2.40. The molecule has 1 N–H and O–H groups in total. The van der Waals surface area contributed by atoms with Gasteiger partial charge in [0.25, 0.3) is 5.92 Å². The van der Waals surface area contributed by atoms with Crippen LogP contribution in [0.2, 0.25) is 0 Å². The molecule has 1 aromatic carbocycles. The number of aromatic nitrogens is 1. The molecule has 0 bridgehead atoms. The van der Waals surface area contributed by atoms with E-state index in [1.54, 1.807) is 20.8 Å². The first-order valence-corrected chi connectivity index (χ1v) is 16.5. The van der Waals surface area contributed by atoms with E-state index in [2.05, 4.69) is 29.4 Å². The molecule has 2 aromatic rings. The predicted molar refractivity (Wildman–Crippen MR) is 169 cm³/mol. The van der Waals surface area contributed by atoms with E-state index in [1.165, 1.54) is 18.7 Å². The molecule has 1 saturated carbocycles. The van der Waals surface area contributed by atoms with Crippen molar-refractivity contribution in [1.82, 2.24) is 14.8 Å².